The van der Waals surface area contributed by atoms with Crippen LogP contribution in [0.3, 0.4) is 0 Å². The standard InChI is InChI=1S/C16H12FNO2/c17-13-3-1-2-10(7-13)6-11-4-5-12-9-15(19)18-16(20)14(12)8-11/h1-7H,8-9H2,(H,18,19,20). The number of benzene rings is 1. The number of carbonyl (C=O) groups excluding carboxylic acids is 2. The van der Waals surface area contributed by atoms with Gasteiger partial charge in [-0.2, -0.15) is 0 Å². The highest BCUT2D eigenvalue weighted by atomic mass is 19.1. The molecule has 1 aromatic carbocycles. The van der Waals surface area contributed by atoms with Gasteiger partial charge in [-0.05, 0) is 28.8 Å². The summed E-state index contributed by atoms with van der Waals surface area (Å²) in [4.78, 5) is 23.1. The van der Waals surface area contributed by atoms with Crippen molar-refractivity contribution in [1.82, 2.24) is 5.32 Å². The second-order valence-corrected chi connectivity index (χ2v) is 4.84. The predicted molar refractivity (Wildman–Crippen MR) is 72.9 cm³/mol. The molecular formula is C16H12FNO2. The summed E-state index contributed by atoms with van der Waals surface area (Å²) in [7, 11) is 0. The Bertz CT molecular complexity index is 698. The lowest BCUT2D eigenvalue weighted by atomic mass is 9.88. The van der Waals surface area contributed by atoms with Crippen LogP contribution in [-0.4, -0.2) is 11.8 Å². The van der Waals surface area contributed by atoms with E-state index in [2.05, 4.69) is 5.32 Å². The van der Waals surface area contributed by atoms with Crippen LogP contribution in [0.1, 0.15) is 18.4 Å². The van der Waals surface area contributed by atoms with Crippen LogP contribution in [0.2, 0.25) is 0 Å². The molecule has 0 saturated carbocycles. The summed E-state index contributed by atoms with van der Waals surface area (Å²) in [6.45, 7) is 0. The molecule has 4 heteroatoms. The molecular weight excluding hydrogens is 257 g/mol. The molecule has 2 amide bonds. The summed E-state index contributed by atoms with van der Waals surface area (Å²) in [5, 5.41) is 2.32. The minimum Gasteiger partial charge on any atom is -0.292 e. The third-order valence-corrected chi connectivity index (χ3v) is 3.35. The van der Waals surface area contributed by atoms with E-state index in [1.54, 1.807) is 18.2 Å². The number of nitrogens with one attached hydrogen (secondary N) is 1. The lowest BCUT2D eigenvalue weighted by molar-refractivity contribution is -0.129. The Morgan fingerprint density at radius 3 is 2.80 bits per heavy atom. The monoisotopic (exact) mass is 269 g/mol. The molecule has 0 aromatic heterocycles. The lowest BCUT2D eigenvalue weighted by Crippen LogP contribution is -2.37. The highest BCUT2D eigenvalue weighted by Crippen LogP contribution is 2.29. The second kappa shape index (κ2) is 4.89. The van der Waals surface area contributed by atoms with Crippen LogP contribution < -0.4 is 5.32 Å². The molecule has 3 rings (SSSR count). The van der Waals surface area contributed by atoms with Crippen LogP contribution in [0.5, 0.6) is 0 Å². The van der Waals surface area contributed by atoms with Gasteiger partial charge in [0, 0.05) is 12.0 Å². The van der Waals surface area contributed by atoms with Crippen molar-refractivity contribution in [3.05, 3.63) is 64.5 Å². The molecule has 20 heavy (non-hydrogen) atoms. The zero-order valence-electron chi connectivity index (χ0n) is 10.7. The zero-order chi connectivity index (χ0) is 14.1. The zero-order valence-corrected chi connectivity index (χ0v) is 10.7. The highest BCUT2D eigenvalue weighted by molar-refractivity contribution is 6.09. The fraction of sp³-hybridized carbons (Fsp3) is 0.125. The van der Waals surface area contributed by atoms with Gasteiger partial charge in [0.25, 0.3) is 5.91 Å². The van der Waals surface area contributed by atoms with Gasteiger partial charge in [0.2, 0.25) is 5.91 Å². The molecule has 0 bridgehead atoms. The summed E-state index contributed by atoms with van der Waals surface area (Å²) in [6.07, 6.45) is 6.20. The van der Waals surface area contributed by atoms with E-state index in [0.29, 0.717) is 12.0 Å². The minimum absolute atomic E-state index is 0.241. The highest BCUT2D eigenvalue weighted by Gasteiger charge is 2.26. The van der Waals surface area contributed by atoms with Crippen molar-refractivity contribution >= 4 is 17.9 Å². The van der Waals surface area contributed by atoms with E-state index in [4.69, 9.17) is 0 Å². The topological polar surface area (TPSA) is 46.2 Å². The van der Waals surface area contributed by atoms with Gasteiger partial charge < -0.3 is 0 Å². The van der Waals surface area contributed by atoms with Crippen LogP contribution in [-0.2, 0) is 9.59 Å². The summed E-state index contributed by atoms with van der Waals surface area (Å²) in [6, 6.07) is 6.28. The first kappa shape index (κ1) is 12.5. The molecule has 3 nitrogen and oxygen atoms in total. The smallest absolute Gasteiger partial charge is 0.254 e. The van der Waals surface area contributed by atoms with Gasteiger partial charge >= 0.3 is 0 Å². The number of halogens is 1. The van der Waals surface area contributed by atoms with E-state index in [9.17, 15) is 14.0 Å². The Balaban J connectivity index is 1.89. The number of hydrogen-bond acceptors (Lipinski definition) is 2. The van der Waals surface area contributed by atoms with Crippen LogP contribution in [0.25, 0.3) is 6.08 Å². The number of rotatable bonds is 1. The first-order valence-corrected chi connectivity index (χ1v) is 6.32. The van der Waals surface area contributed by atoms with Gasteiger partial charge in [-0.15, -0.1) is 0 Å². The molecule has 0 fully saturated rings. The van der Waals surface area contributed by atoms with Crippen molar-refractivity contribution in [2.75, 3.05) is 0 Å². The second-order valence-electron chi connectivity index (χ2n) is 4.84. The normalized spacial score (nSPS) is 20.1. The quantitative estimate of drug-likeness (QED) is 0.796. The van der Waals surface area contributed by atoms with Crippen LogP contribution in [0.15, 0.2) is 53.1 Å². The Morgan fingerprint density at radius 1 is 1.15 bits per heavy atom. The van der Waals surface area contributed by atoms with Crippen LogP contribution in [0.4, 0.5) is 4.39 Å². The molecule has 1 heterocycles. The maximum Gasteiger partial charge on any atom is 0.254 e. The fourth-order valence-corrected chi connectivity index (χ4v) is 2.41. The SMILES string of the molecule is O=C1CC2=C(CC(=Cc3cccc(F)c3)C=C2)C(=O)N1. The molecule has 0 saturated heterocycles. The van der Waals surface area contributed by atoms with Crippen molar-refractivity contribution in [2.45, 2.75) is 12.8 Å². The Kier molecular flexibility index (Phi) is 3.06. The number of amides is 2. The molecule has 2 aliphatic rings. The Hall–Kier alpha value is -2.49. The van der Waals surface area contributed by atoms with Crippen molar-refractivity contribution in [3.8, 4) is 0 Å². The summed E-state index contributed by atoms with van der Waals surface area (Å²) < 4.78 is 13.1. The molecule has 0 spiro atoms. The van der Waals surface area contributed by atoms with Gasteiger partial charge in [-0.3, -0.25) is 14.9 Å². The van der Waals surface area contributed by atoms with E-state index in [1.165, 1.54) is 12.1 Å². The van der Waals surface area contributed by atoms with E-state index in [1.807, 2.05) is 12.2 Å². The maximum atomic E-state index is 13.1. The molecule has 1 N–H and O–H groups in total. The summed E-state index contributed by atoms with van der Waals surface area (Å²) >= 11 is 0. The van der Waals surface area contributed by atoms with Gasteiger partial charge in [0.1, 0.15) is 5.82 Å². The predicted octanol–water partition coefficient (Wildman–Crippen LogP) is 2.51. The third-order valence-electron chi connectivity index (χ3n) is 3.35. The van der Waals surface area contributed by atoms with Crippen molar-refractivity contribution in [1.29, 1.82) is 0 Å². The number of carbonyl (C=O) groups is 2. The van der Waals surface area contributed by atoms with Gasteiger partial charge in [-0.25, -0.2) is 4.39 Å². The molecule has 1 aliphatic heterocycles. The van der Waals surface area contributed by atoms with Crippen LogP contribution in [0, 0.1) is 5.82 Å². The van der Waals surface area contributed by atoms with Gasteiger partial charge in [-0.1, -0.05) is 30.4 Å². The molecule has 1 aliphatic carbocycles. The van der Waals surface area contributed by atoms with Crippen LogP contribution >= 0.6 is 0 Å². The Morgan fingerprint density at radius 2 is 2.00 bits per heavy atom. The Labute approximate surface area is 115 Å². The number of imide groups is 1. The summed E-state index contributed by atoms with van der Waals surface area (Å²) in [5.41, 5.74) is 3.06. The molecule has 1 aromatic rings. The van der Waals surface area contributed by atoms with E-state index in [-0.39, 0.29) is 24.1 Å². The lowest BCUT2D eigenvalue weighted by Gasteiger charge is -2.21. The van der Waals surface area contributed by atoms with E-state index in [0.717, 1.165) is 16.7 Å². The minimum atomic E-state index is -0.328. The van der Waals surface area contributed by atoms with Gasteiger partial charge in [0.05, 0.1) is 6.42 Å². The van der Waals surface area contributed by atoms with Gasteiger partial charge in [0.15, 0.2) is 0 Å². The molecule has 100 valence electrons. The third kappa shape index (κ3) is 2.45. The average molecular weight is 269 g/mol. The maximum absolute atomic E-state index is 13.1. The molecule has 0 atom stereocenters. The van der Waals surface area contributed by atoms with E-state index < -0.39 is 0 Å². The number of hydrogen-bond donors (Lipinski definition) is 1. The first-order chi connectivity index (χ1) is 9.61. The first-order valence-electron chi connectivity index (χ1n) is 6.32. The van der Waals surface area contributed by atoms with E-state index >= 15 is 0 Å². The molecule has 0 unspecified atom stereocenters. The van der Waals surface area contributed by atoms with Crippen molar-refractivity contribution in [3.63, 3.8) is 0 Å². The fourth-order valence-electron chi connectivity index (χ4n) is 2.41. The summed E-state index contributed by atoms with van der Waals surface area (Å²) in [5.74, 6) is -0.887. The average Bonchev–Trinajstić information content (AvgIpc) is 2.39. The largest absolute Gasteiger partial charge is 0.292 e. The van der Waals surface area contributed by atoms with Crippen molar-refractivity contribution in [2.24, 2.45) is 0 Å². The van der Waals surface area contributed by atoms with Crippen molar-refractivity contribution < 1.29 is 14.0 Å². The molecule has 0 radical (unpaired) electrons. The number of allylic oxidation sites excluding steroid dienone is 3.